The molecular weight excluding hydrogens is 431 g/mol. The lowest BCUT2D eigenvalue weighted by Gasteiger charge is -2.33. The van der Waals surface area contributed by atoms with E-state index in [1.807, 2.05) is 6.07 Å². The Morgan fingerprint density at radius 3 is 2.66 bits per heavy atom. The number of nitriles is 1. The summed E-state index contributed by atoms with van der Waals surface area (Å²) in [6.45, 7) is 2.29. The maximum absolute atomic E-state index is 14.0. The zero-order valence-electron chi connectivity index (χ0n) is 18.0. The van der Waals surface area contributed by atoms with Crippen LogP contribution in [0.25, 0.3) is 10.9 Å². The predicted octanol–water partition coefficient (Wildman–Crippen LogP) is 4.29. The van der Waals surface area contributed by atoms with Crippen molar-refractivity contribution < 1.29 is 9.13 Å². The van der Waals surface area contributed by atoms with E-state index in [4.69, 9.17) is 16.3 Å². The number of rotatable bonds is 5. The molecule has 0 amide bonds. The predicted molar refractivity (Wildman–Crippen MR) is 124 cm³/mol. The van der Waals surface area contributed by atoms with Crippen molar-refractivity contribution in [1.82, 2.24) is 9.47 Å². The fourth-order valence-corrected chi connectivity index (χ4v) is 4.45. The van der Waals surface area contributed by atoms with Gasteiger partial charge in [-0.2, -0.15) is 5.26 Å². The lowest BCUT2D eigenvalue weighted by atomic mass is 10.0. The van der Waals surface area contributed by atoms with Crippen molar-refractivity contribution in [2.24, 2.45) is 7.05 Å². The average Bonchev–Trinajstić information content (AvgIpc) is 2.79. The van der Waals surface area contributed by atoms with Crippen LogP contribution < -0.4 is 15.6 Å². The van der Waals surface area contributed by atoms with Crippen molar-refractivity contribution in [3.05, 3.63) is 68.7 Å². The third kappa shape index (κ3) is 4.29. The Labute approximate surface area is 190 Å². The summed E-state index contributed by atoms with van der Waals surface area (Å²) in [5, 5.41) is 14.4. The van der Waals surface area contributed by atoms with Gasteiger partial charge in [-0.05, 0) is 48.7 Å². The number of aromatic nitrogens is 1. The molecule has 1 saturated heterocycles. The number of hydrogen-bond acceptors (Lipinski definition) is 5. The lowest BCUT2D eigenvalue weighted by molar-refractivity contribution is 0.211. The number of benzene rings is 2. The number of pyridine rings is 1. The molecule has 0 radical (unpaired) electrons. The van der Waals surface area contributed by atoms with E-state index in [1.54, 1.807) is 31.3 Å². The highest BCUT2D eigenvalue weighted by atomic mass is 35.5. The standard InChI is InChI=1S/C24H24ClFN4O2/c1-29-21-5-4-16(25)12-18(21)23(19(13-27)24(29)31)28-17-7-9-30(10-8-17)14-15-3-6-22(32-2)20(26)11-15/h3-6,11-12,17,28H,7-10,14H2,1-2H3. The van der Waals surface area contributed by atoms with E-state index >= 15 is 0 Å². The van der Waals surface area contributed by atoms with Crippen molar-refractivity contribution in [2.75, 3.05) is 25.5 Å². The smallest absolute Gasteiger partial charge is 0.270 e. The number of nitrogens with zero attached hydrogens (tertiary/aromatic N) is 3. The molecule has 0 bridgehead atoms. The summed E-state index contributed by atoms with van der Waals surface area (Å²) in [5.74, 6) is -0.118. The second kappa shape index (κ2) is 9.19. The number of halogens is 2. The zero-order chi connectivity index (χ0) is 22.8. The van der Waals surface area contributed by atoms with E-state index in [0.29, 0.717) is 17.3 Å². The van der Waals surface area contributed by atoms with Gasteiger partial charge in [-0.3, -0.25) is 9.69 Å². The molecule has 1 aromatic heterocycles. The Morgan fingerprint density at radius 1 is 1.25 bits per heavy atom. The number of methoxy groups -OCH3 is 1. The first-order valence-electron chi connectivity index (χ1n) is 10.4. The minimum atomic E-state index is -0.359. The van der Waals surface area contributed by atoms with Crippen molar-refractivity contribution in [3.63, 3.8) is 0 Å². The van der Waals surface area contributed by atoms with Gasteiger partial charge in [0.05, 0.1) is 18.3 Å². The lowest BCUT2D eigenvalue weighted by Crippen LogP contribution is -2.39. The first-order chi connectivity index (χ1) is 15.4. The molecular formula is C24H24ClFN4O2. The van der Waals surface area contributed by atoms with Gasteiger partial charge >= 0.3 is 0 Å². The Balaban J connectivity index is 1.50. The fourth-order valence-electron chi connectivity index (χ4n) is 4.28. The molecule has 0 aliphatic carbocycles. The Morgan fingerprint density at radius 2 is 2.00 bits per heavy atom. The number of nitrogens with one attached hydrogen (secondary N) is 1. The average molecular weight is 455 g/mol. The zero-order valence-corrected chi connectivity index (χ0v) is 18.7. The van der Waals surface area contributed by atoms with E-state index < -0.39 is 0 Å². The van der Waals surface area contributed by atoms with E-state index in [9.17, 15) is 14.4 Å². The minimum Gasteiger partial charge on any atom is -0.494 e. The Bertz CT molecular complexity index is 1260. The number of fused-ring (bicyclic) bond motifs is 1. The van der Waals surface area contributed by atoms with Gasteiger partial charge in [0.1, 0.15) is 11.6 Å². The molecule has 8 heteroatoms. The second-order valence-electron chi connectivity index (χ2n) is 8.05. The van der Waals surface area contributed by atoms with Crippen molar-refractivity contribution in [3.8, 4) is 11.8 Å². The third-order valence-corrected chi connectivity index (χ3v) is 6.26. The molecule has 1 aliphatic heterocycles. The first-order valence-corrected chi connectivity index (χ1v) is 10.8. The number of ether oxygens (including phenoxy) is 1. The largest absolute Gasteiger partial charge is 0.494 e. The van der Waals surface area contributed by atoms with Crippen LogP contribution in [-0.4, -0.2) is 35.7 Å². The SMILES string of the molecule is COc1ccc(CN2CCC(Nc3c(C#N)c(=O)n(C)c4ccc(Cl)cc34)CC2)cc1F. The summed E-state index contributed by atoms with van der Waals surface area (Å²) in [6.07, 6.45) is 1.67. The van der Waals surface area contributed by atoms with Crippen molar-refractivity contribution in [2.45, 2.75) is 25.4 Å². The van der Waals surface area contributed by atoms with Gasteiger partial charge in [-0.25, -0.2) is 4.39 Å². The van der Waals surface area contributed by atoms with Crippen LogP contribution in [0.2, 0.25) is 5.02 Å². The Kier molecular flexibility index (Phi) is 6.35. The summed E-state index contributed by atoms with van der Waals surface area (Å²) in [6, 6.07) is 12.5. The van der Waals surface area contributed by atoms with Gasteiger partial charge in [0, 0.05) is 43.1 Å². The Hall–Kier alpha value is -3.08. The monoisotopic (exact) mass is 454 g/mol. The number of anilines is 1. The van der Waals surface area contributed by atoms with Gasteiger partial charge in [-0.15, -0.1) is 0 Å². The minimum absolute atomic E-state index is 0.0957. The summed E-state index contributed by atoms with van der Waals surface area (Å²) in [7, 11) is 3.11. The van der Waals surface area contributed by atoms with Crippen LogP contribution in [-0.2, 0) is 13.6 Å². The summed E-state index contributed by atoms with van der Waals surface area (Å²) < 4.78 is 20.4. The molecule has 6 nitrogen and oxygen atoms in total. The van der Waals surface area contributed by atoms with E-state index in [1.165, 1.54) is 17.7 Å². The summed E-state index contributed by atoms with van der Waals surface area (Å²) in [4.78, 5) is 15.0. The number of hydrogen-bond donors (Lipinski definition) is 1. The highest BCUT2D eigenvalue weighted by Gasteiger charge is 2.23. The molecule has 0 unspecified atom stereocenters. The fraction of sp³-hybridized carbons (Fsp3) is 0.333. The molecule has 0 saturated carbocycles. The summed E-state index contributed by atoms with van der Waals surface area (Å²) >= 11 is 6.21. The molecule has 4 rings (SSSR count). The molecule has 1 fully saturated rings. The van der Waals surface area contributed by atoms with E-state index in [-0.39, 0.29) is 28.7 Å². The van der Waals surface area contributed by atoms with Crippen molar-refractivity contribution in [1.29, 1.82) is 5.26 Å². The van der Waals surface area contributed by atoms with Crippen LogP contribution in [0.1, 0.15) is 24.0 Å². The van der Waals surface area contributed by atoms with E-state index in [0.717, 1.165) is 42.4 Å². The summed E-state index contributed by atoms with van der Waals surface area (Å²) in [5.41, 5.74) is 1.93. The number of likely N-dealkylation sites (tertiary alicyclic amines) is 1. The number of piperidine rings is 1. The van der Waals surface area contributed by atoms with Gasteiger partial charge in [0.25, 0.3) is 5.56 Å². The van der Waals surface area contributed by atoms with Crippen LogP contribution in [0.3, 0.4) is 0 Å². The molecule has 32 heavy (non-hydrogen) atoms. The topological polar surface area (TPSA) is 70.3 Å². The molecule has 166 valence electrons. The molecule has 2 heterocycles. The van der Waals surface area contributed by atoms with Gasteiger partial charge < -0.3 is 14.6 Å². The van der Waals surface area contributed by atoms with Gasteiger partial charge in [0.15, 0.2) is 11.6 Å². The highest BCUT2D eigenvalue weighted by Crippen LogP contribution is 2.30. The maximum Gasteiger partial charge on any atom is 0.270 e. The second-order valence-corrected chi connectivity index (χ2v) is 8.49. The van der Waals surface area contributed by atoms with Crippen molar-refractivity contribution >= 4 is 28.2 Å². The van der Waals surface area contributed by atoms with Crippen LogP contribution in [0.4, 0.5) is 10.1 Å². The third-order valence-electron chi connectivity index (χ3n) is 6.03. The van der Waals surface area contributed by atoms with Crippen LogP contribution in [0.5, 0.6) is 5.75 Å². The maximum atomic E-state index is 14.0. The van der Waals surface area contributed by atoms with Crippen LogP contribution in [0, 0.1) is 17.1 Å². The highest BCUT2D eigenvalue weighted by molar-refractivity contribution is 6.31. The van der Waals surface area contributed by atoms with Crippen LogP contribution in [0.15, 0.2) is 41.2 Å². The first kappa shape index (κ1) is 22.1. The van der Waals surface area contributed by atoms with Gasteiger partial charge in [0.2, 0.25) is 0 Å². The molecule has 0 spiro atoms. The van der Waals surface area contributed by atoms with Crippen LogP contribution >= 0.6 is 11.6 Å². The molecule has 3 aromatic rings. The molecule has 2 aromatic carbocycles. The van der Waals surface area contributed by atoms with Gasteiger partial charge in [-0.1, -0.05) is 17.7 Å². The molecule has 1 aliphatic rings. The molecule has 1 N–H and O–H groups in total. The van der Waals surface area contributed by atoms with E-state index in [2.05, 4.69) is 16.3 Å². The number of aryl methyl sites for hydroxylation is 1. The molecule has 0 atom stereocenters. The quantitative estimate of drug-likeness (QED) is 0.622. The normalized spacial score (nSPS) is 15.0.